The molecule has 0 aromatic heterocycles. The molecule has 2 N–H and O–H groups in total. The van der Waals surface area contributed by atoms with Gasteiger partial charge in [0, 0.05) is 65.7 Å². The molecule has 1 aromatic carbocycles. The lowest BCUT2D eigenvalue weighted by Crippen LogP contribution is -2.50. The molecule has 8 heteroatoms. The van der Waals surface area contributed by atoms with Crippen LogP contribution in [0.2, 0.25) is 0 Å². The van der Waals surface area contributed by atoms with Gasteiger partial charge in [0.25, 0.3) is 0 Å². The third-order valence-electron chi connectivity index (χ3n) is 5.95. The van der Waals surface area contributed by atoms with Crippen LogP contribution in [0.4, 0.5) is 5.69 Å². The Morgan fingerprint density at radius 3 is 2.37 bits per heavy atom. The van der Waals surface area contributed by atoms with Crippen molar-refractivity contribution in [3.8, 4) is 0 Å². The molecule has 0 aliphatic carbocycles. The third kappa shape index (κ3) is 6.17. The zero-order chi connectivity index (χ0) is 21.5. The van der Waals surface area contributed by atoms with Gasteiger partial charge in [-0.25, -0.2) is 0 Å². The van der Waals surface area contributed by atoms with Crippen LogP contribution >= 0.6 is 0 Å². The minimum Gasteiger partial charge on any atom is -0.378 e. The number of rotatable bonds is 7. The first-order valence-electron chi connectivity index (χ1n) is 10.8. The fourth-order valence-electron chi connectivity index (χ4n) is 3.95. The molecule has 8 nitrogen and oxygen atoms in total. The quantitative estimate of drug-likeness (QED) is 0.628. The number of nitrogens with zero attached hydrogens (tertiary/aromatic N) is 3. The Balaban J connectivity index is 1.60. The minimum absolute atomic E-state index is 0.0232. The second-order valence-corrected chi connectivity index (χ2v) is 8.40. The van der Waals surface area contributed by atoms with Crippen molar-refractivity contribution in [2.24, 2.45) is 0 Å². The van der Waals surface area contributed by atoms with E-state index in [1.807, 2.05) is 14.1 Å². The fraction of sp³-hybridized carbons (Fsp3) is 0.636. The van der Waals surface area contributed by atoms with E-state index in [-0.39, 0.29) is 12.1 Å². The second-order valence-electron chi connectivity index (χ2n) is 8.40. The van der Waals surface area contributed by atoms with E-state index >= 15 is 0 Å². The summed E-state index contributed by atoms with van der Waals surface area (Å²) in [7, 11) is 6.16. The average molecular weight is 418 g/mol. The number of carbonyl (C=O) groups excluding carboxylic acids is 2. The maximum absolute atomic E-state index is 12.4. The molecule has 2 fully saturated rings. The van der Waals surface area contributed by atoms with Gasteiger partial charge in [0.2, 0.25) is 0 Å². The molecule has 2 saturated heterocycles. The van der Waals surface area contributed by atoms with Crippen LogP contribution in [0.25, 0.3) is 0 Å². The van der Waals surface area contributed by atoms with E-state index in [1.165, 1.54) is 0 Å². The van der Waals surface area contributed by atoms with Gasteiger partial charge in [0.05, 0.1) is 12.1 Å². The number of nitrogens with one attached hydrogen (secondary N) is 2. The largest absolute Gasteiger partial charge is 0.378 e. The Bertz CT molecular complexity index is 695. The predicted molar refractivity (Wildman–Crippen MR) is 118 cm³/mol. The smallest absolute Gasteiger partial charge is 0.309 e. The Hall–Kier alpha value is -2.16. The molecule has 30 heavy (non-hydrogen) atoms. The molecule has 2 aliphatic heterocycles. The summed E-state index contributed by atoms with van der Waals surface area (Å²) in [6.07, 6.45) is 1.96. The van der Waals surface area contributed by atoms with Gasteiger partial charge in [-0.2, -0.15) is 0 Å². The van der Waals surface area contributed by atoms with Crippen molar-refractivity contribution in [1.82, 2.24) is 20.4 Å². The highest BCUT2D eigenvalue weighted by atomic mass is 16.5. The Labute approximate surface area is 179 Å². The van der Waals surface area contributed by atoms with E-state index in [9.17, 15) is 9.59 Å². The number of carbonyl (C=O) groups is 2. The van der Waals surface area contributed by atoms with Crippen molar-refractivity contribution in [2.45, 2.75) is 25.0 Å². The third-order valence-corrected chi connectivity index (χ3v) is 5.95. The second kappa shape index (κ2) is 10.7. The van der Waals surface area contributed by atoms with Gasteiger partial charge < -0.3 is 25.2 Å². The highest BCUT2D eigenvalue weighted by molar-refractivity contribution is 6.35. The van der Waals surface area contributed by atoms with Crippen LogP contribution in [0.5, 0.6) is 0 Å². The molecule has 166 valence electrons. The normalized spacial score (nSPS) is 21.2. The molecule has 2 amide bonds. The van der Waals surface area contributed by atoms with Crippen LogP contribution in [0.15, 0.2) is 24.3 Å². The van der Waals surface area contributed by atoms with Crippen LogP contribution < -0.4 is 15.5 Å². The topological polar surface area (TPSA) is 77.1 Å². The highest BCUT2D eigenvalue weighted by Gasteiger charge is 2.26. The lowest BCUT2D eigenvalue weighted by Gasteiger charge is -2.38. The van der Waals surface area contributed by atoms with Crippen LogP contribution in [-0.4, -0.2) is 94.7 Å². The first-order chi connectivity index (χ1) is 14.4. The number of hydrogen-bond acceptors (Lipinski definition) is 6. The lowest BCUT2D eigenvalue weighted by atomic mass is 10.0. The lowest BCUT2D eigenvalue weighted by molar-refractivity contribution is -0.139. The van der Waals surface area contributed by atoms with E-state index in [4.69, 9.17) is 4.74 Å². The van der Waals surface area contributed by atoms with E-state index in [0.717, 1.165) is 56.9 Å². The van der Waals surface area contributed by atoms with E-state index in [2.05, 4.69) is 56.6 Å². The molecule has 0 bridgehead atoms. The minimum atomic E-state index is -0.592. The molecule has 2 aliphatic rings. The summed E-state index contributed by atoms with van der Waals surface area (Å²) in [6.45, 7) is 5.35. The van der Waals surface area contributed by atoms with Crippen molar-refractivity contribution >= 4 is 17.5 Å². The maximum Gasteiger partial charge on any atom is 0.309 e. The maximum atomic E-state index is 12.4. The first kappa shape index (κ1) is 22.5. The molecule has 3 rings (SSSR count). The summed E-state index contributed by atoms with van der Waals surface area (Å²) < 4.78 is 5.49. The molecular formula is C22H35N5O3. The first-order valence-corrected chi connectivity index (χ1v) is 10.8. The zero-order valence-corrected chi connectivity index (χ0v) is 18.4. The predicted octanol–water partition coefficient (Wildman–Crippen LogP) is 0.453. The van der Waals surface area contributed by atoms with E-state index in [0.29, 0.717) is 13.1 Å². The number of hydrogen-bond donors (Lipinski definition) is 2. The Morgan fingerprint density at radius 1 is 1.10 bits per heavy atom. The summed E-state index contributed by atoms with van der Waals surface area (Å²) in [5.41, 5.74) is 2.28. The fourth-order valence-corrected chi connectivity index (χ4v) is 3.95. The Morgan fingerprint density at radius 2 is 1.77 bits per heavy atom. The van der Waals surface area contributed by atoms with Crippen LogP contribution in [-0.2, 0) is 14.3 Å². The summed E-state index contributed by atoms with van der Waals surface area (Å²) >= 11 is 0. The van der Waals surface area contributed by atoms with Crippen LogP contribution in [0, 0.1) is 0 Å². The summed E-state index contributed by atoms with van der Waals surface area (Å²) in [5.74, 6) is -1.18. The molecule has 0 radical (unpaired) electrons. The molecule has 0 spiro atoms. The number of benzene rings is 1. The van der Waals surface area contributed by atoms with Crippen molar-refractivity contribution < 1.29 is 14.3 Å². The number of anilines is 1. The highest BCUT2D eigenvalue weighted by Crippen LogP contribution is 2.24. The molecule has 0 saturated carbocycles. The van der Waals surface area contributed by atoms with E-state index < -0.39 is 11.8 Å². The zero-order valence-electron chi connectivity index (χ0n) is 18.4. The van der Waals surface area contributed by atoms with Crippen molar-refractivity contribution in [1.29, 1.82) is 0 Å². The van der Waals surface area contributed by atoms with E-state index in [1.54, 1.807) is 0 Å². The molecule has 2 heterocycles. The van der Waals surface area contributed by atoms with Crippen molar-refractivity contribution in [3.63, 3.8) is 0 Å². The SMILES string of the molecule is CN1CCN([C@H](CNC(=O)C(=O)NC[C@@H]2CCCO2)c2ccc(N(C)C)cc2)CC1. The molecular weight excluding hydrogens is 382 g/mol. The number of amides is 2. The van der Waals surface area contributed by atoms with Gasteiger partial charge in [-0.15, -0.1) is 0 Å². The van der Waals surface area contributed by atoms with Crippen LogP contribution in [0.1, 0.15) is 24.4 Å². The van der Waals surface area contributed by atoms with Crippen molar-refractivity contribution in [2.75, 3.05) is 71.9 Å². The average Bonchev–Trinajstić information content (AvgIpc) is 3.27. The van der Waals surface area contributed by atoms with Gasteiger partial charge in [0.15, 0.2) is 0 Å². The Kier molecular flexibility index (Phi) is 8.07. The number of ether oxygens (including phenoxy) is 1. The van der Waals surface area contributed by atoms with Gasteiger partial charge in [0.1, 0.15) is 0 Å². The van der Waals surface area contributed by atoms with Crippen LogP contribution in [0.3, 0.4) is 0 Å². The number of piperazine rings is 1. The van der Waals surface area contributed by atoms with Crippen molar-refractivity contribution in [3.05, 3.63) is 29.8 Å². The standard InChI is InChI=1S/C22H35N5O3/c1-25(2)18-8-6-17(7-9-18)20(27-12-10-26(3)11-13-27)16-24-22(29)21(28)23-15-19-5-4-14-30-19/h6-9,19-20H,4-5,10-16H2,1-3H3,(H,23,28)(H,24,29)/t19-,20+/m0/s1. The molecule has 0 unspecified atom stereocenters. The number of likely N-dealkylation sites (N-methyl/N-ethyl adjacent to an activating group) is 1. The summed E-state index contributed by atoms with van der Waals surface area (Å²) in [5, 5.41) is 5.54. The van der Waals surface area contributed by atoms with Gasteiger partial charge in [-0.05, 0) is 37.6 Å². The van der Waals surface area contributed by atoms with Gasteiger partial charge in [-0.3, -0.25) is 14.5 Å². The summed E-state index contributed by atoms with van der Waals surface area (Å²) in [6, 6.07) is 8.44. The monoisotopic (exact) mass is 417 g/mol. The van der Waals surface area contributed by atoms with Gasteiger partial charge in [-0.1, -0.05) is 12.1 Å². The summed E-state index contributed by atoms with van der Waals surface area (Å²) in [4.78, 5) is 31.3. The molecule has 1 aromatic rings. The molecule has 2 atom stereocenters. The van der Waals surface area contributed by atoms with Gasteiger partial charge >= 0.3 is 11.8 Å².